The van der Waals surface area contributed by atoms with Crippen LogP contribution in [0.1, 0.15) is 47.0 Å². The van der Waals surface area contributed by atoms with Crippen LogP contribution < -0.4 is 5.32 Å². The Hall–Kier alpha value is -0.590. The number of nitrogens with one attached hydrogen (secondary N) is 1. The van der Waals surface area contributed by atoms with Gasteiger partial charge in [-0.2, -0.15) is 5.26 Å². The van der Waals surface area contributed by atoms with Crippen molar-refractivity contribution in [2.45, 2.75) is 53.0 Å². The summed E-state index contributed by atoms with van der Waals surface area (Å²) in [7, 11) is 0. The minimum Gasteiger partial charge on any atom is -0.313 e. The highest BCUT2D eigenvalue weighted by Gasteiger charge is 2.22. The molecule has 0 radical (unpaired) electrons. The van der Waals surface area contributed by atoms with Crippen LogP contribution in [0.15, 0.2) is 0 Å². The largest absolute Gasteiger partial charge is 0.313 e. The summed E-state index contributed by atoms with van der Waals surface area (Å²) in [5.41, 5.74) is -0.196. The summed E-state index contributed by atoms with van der Waals surface area (Å²) in [5, 5.41) is 12.7. The molecule has 1 unspecified atom stereocenters. The van der Waals surface area contributed by atoms with Crippen LogP contribution in [-0.4, -0.2) is 37.1 Å². The fourth-order valence-corrected chi connectivity index (χ4v) is 2.49. The molecule has 0 aliphatic carbocycles. The molecule has 1 heterocycles. The lowest BCUT2D eigenvalue weighted by Gasteiger charge is -2.29. The van der Waals surface area contributed by atoms with Crippen LogP contribution >= 0.6 is 0 Å². The van der Waals surface area contributed by atoms with Crippen LogP contribution in [0.3, 0.4) is 0 Å². The Morgan fingerprint density at radius 3 is 2.67 bits per heavy atom. The van der Waals surface area contributed by atoms with Crippen molar-refractivity contribution in [3.8, 4) is 6.07 Å². The van der Waals surface area contributed by atoms with Crippen LogP contribution in [-0.2, 0) is 0 Å². The van der Waals surface area contributed by atoms with E-state index in [0.717, 1.165) is 26.1 Å². The molecule has 0 aromatic heterocycles. The molecule has 1 N–H and O–H groups in total. The highest BCUT2D eigenvalue weighted by Crippen LogP contribution is 2.20. The molecule has 1 rings (SSSR count). The quantitative estimate of drug-likeness (QED) is 0.756. The maximum Gasteiger partial charge on any atom is 0.0684 e. The third kappa shape index (κ3) is 5.84. The molecule has 0 spiro atoms. The molecule has 0 aromatic carbocycles. The fourth-order valence-electron chi connectivity index (χ4n) is 2.49. The molecule has 18 heavy (non-hydrogen) atoms. The van der Waals surface area contributed by atoms with Gasteiger partial charge in [0.25, 0.3) is 0 Å². The van der Waals surface area contributed by atoms with Gasteiger partial charge in [0.1, 0.15) is 0 Å². The molecule has 3 heteroatoms. The van der Waals surface area contributed by atoms with E-state index in [1.807, 2.05) is 13.8 Å². The van der Waals surface area contributed by atoms with Gasteiger partial charge in [-0.25, -0.2) is 0 Å². The standard InChI is InChI=1S/C15H29N3/c1-13(2)10-18(9-7-15(3,4)12-16)11-14-6-5-8-17-14/h13-14,17H,5-11H2,1-4H3. The second-order valence-corrected chi connectivity index (χ2v) is 6.69. The van der Waals surface area contributed by atoms with Crippen LogP contribution in [0.4, 0.5) is 0 Å². The normalized spacial score (nSPS) is 20.6. The number of nitrogens with zero attached hydrogens (tertiary/aromatic N) is 2. The van der Waals surface area contributed by atoms with E-state index in [4.69, 9.17) is 5.26 Å². The maximum absolute atomic E-state index is 9.09. The molecule has 104 valence electrons. The van der Waals surface area contributed by atoms with Gasteiger partial charge < -0.3 is 10.2 Å². The summed E-state index contributed by atoms with van der Waals surface area (Å²) in [6, 6.07) is 3.06. The number of rotatable bonds is 7. The molecule has 0 bridgehead atoms. The summed E-state index contributed by atoms with van der Waals surface area (Å²) < 4.78 is 0. The Morgan fingerprint density at radius 2 is 2.17 bits per heavy atom. The topological polar surface area (TPSA) is 39.1 Å². The zero-order valence-electron chi connectivity index (χ0n) is 12.5. The SMILES string of the molecule is CC(C)CN(CCC(C)(C)C#N)CC1CCCN1. The molecule has 1 aliphatic heterocycles. The van der Waals surface area contributed by atoms with E-state index in [1.54, 1.807) is 0 Å². The smallest absolute Gasteiger partial charge is 0.0684 e. The molecule has 1 fully saturated rings. The van der Waals surface area contributed by atoms with Crippen LogP contribution in [0, 0.1) is 22.7 Å². The maximum atomic E-state index is 9.09. The van der Waals surface area contributed by atoms with Gasteiger partial charge in [0.2, 0.25) is 0 Å². The van der Waals surface area contributed by atoms with Crippen LogP contribution in [0.5, 0.6) is 0 Å². The Bertz CT molecular complexity index is 272. The highest BCUT2D eigenvalue weighted by atomic mass is 15.2. The lowest BCUT2D eigenvalue weighted by molar-refractivity contribution is 0.202. The zero-order chi connectivity index (χ0) is 13.6. The van der Waals surface area contributed by atoms with E-state index in [2.05, 4.69) is 30.1 Å². The summed E-state index contributed by atoms with van der Waals surface area (Å²) in [4.78, 5) is 2.53. The van der Waals surface area contributed by atoms with Crippen molar-refractivity contribution in [3.63, 3.8) is 0 Å². The molecule has 0 amide bonds. The summed E-state index contributed by atoms with van der Waals surface area (Å²) in [5.74, 6) is 0.691. The summed E-state index contributed by atoms with van der Waals surface area (Å²) in [6.45, 7) is 13.1. The highest BCUT2D eigenvalue weighted by molar-refractivity contribution is 4.92. The Labute approximate surface area is 113 Å². The first-order valence-electron chi connectivity index (χ1n) is 7.30. The first-order valence-corrected chi connectivity index (χ1v) is 7.30. The summed E-state index contributed by atoms with van der Waals surface area (Å²) >= 11 is 0. The van der Waals surface area contributed by atoms with Crippen molar-refractivity contribution >= 4 is 0 Å². The molecule has 0 saturated carbocycles. The molecule has 1 saturated heterocycles. The molecular weight excluding hydrogens is 222 g/mol. The zero-order valence-corrected chi connectivity index (χ0v) is 12.5. The fraction of sp³-hybridized carbons (Fsp3) is 0.933. The van der Waals surface area contributed by atoms with E-state index < -0.39 is 0 Å². The number of nitriles is 1. The molecule has 3 nitrogen and oxygen atoms in total. The predicted octanol–water partition coefficient (Wildman–Crippen LogP) is 2.64. The lowest BCUT2D eigenvalue weighted by Crippen LogP contribution is -2.40. The average molecular weight is 251 g/mol. The Morgan fingerprint density at radius 1 is 1.44 bits per heavy atom. The van der Waals surface area contributed by atoms with E-state index in [-0.39, 0.29) is 5.41 Å². The van der Waals surface area contributed by atoms with E-state index in [9.17, 15) is 0 Å². The number of hydrogen-bond acceptors (Lipinski definition) is 3. The Kier molecular flexibility index (Phi) is 6.11. The van der Waals surface area contributed by atoms with Crippen LogP contribution in [0.25, 0.3) is 0 Å². The van der Waals surface area contributed by atoms with Gasteiger partial charge in [-0.1, -0.05) is 13.8 Å². The van der Waals surface area contributed by atoms with E-state index >= 15 is 0 Å². The lowest BCUT2D eigenvalue weighted by atomic mass is 9.91. The number of hydrogen-bond donors (Lipinski definition) is 1. The van der Waals surface area contributed by atoms with Gasteiger partial charge in [-0.3, -0.25) is 0 Å². The average Bonchev–Trinajstić information content (AvgIpc) is 2.78. The van der Waals surface area contributed by atoms with Gasteiger partial charge in [-0.05, 0) is 52.1 Å². The van der Waals surface area contributed by atoms with Gasteiger partial charge in [0, 0.05) is 19.1 Å². The molecular formula is C15H29N3. The van der Waals surface area contributed by atoms with Crippen LogP contribution in [0.2, 0.25) is 0 Å². The van der Waals surface area contributed by atoms with Crippen molar-refractivity contribution in [1.82, 2.24) is 10.2 Å². The molecule has 1 aliphatic rings. The van der Waals surface area contributed by atoms with Crippen molar-refractivity contribution in [2.24, 2.45) is 11.3 Å². The van der Waals surface area contributed by atoms with Crippen molar-refractivity contribution < 1.29 is 0 Å². The first-order chi connectivity index (χ1) is 8.43. The minimum absolute atomic E-state index is 0.196. The second-order valence-electron chi connectivity index (χ2n) is 6.69. The minimum atomic E-state index is -0.196. The van der Waals surface area contributed by atoms with Gasteiger partial charge in [0.05, 0.1) is 11.5 Å². The monoisotopic (exact) mass is 251 g/mol. The van der Waals surface area contributed by atoms with Crippen molar-refractivity contribution in [2.75, 3.05) is 26.2 Å². The molecule has 1 atom stereocenters. The van der Waals surface area contributed by atoms with Crippen molar-refractivity contribution in [3.05, 3.63) is 0 Å². The first kappa shape index (κ1) is 15.5. The van der Waals surface area contributed by atoms with Crippen molar-refractivity contribution in [1.29, 1.82) is 5.26 Å². The van der Waals surface area contributed by atoms with E-state index in [1.165, 1.54) is 19.4 Å². The van der Waals surface area contributed by atoms with E-state index in [0.29, 0.717) is 12.0 Å². The van der Waals surface area contributed by atoms with Gasteiger partial charge in [-0.15, -0.1) is 0 Å². The second kappa shape index (κ2) is 7.11. The third-order valence-electron chi connectivity index (χ3n) is 3.62. The molecule has 0 aromatic rings. The predicted molar refractivity (Wildman–Crippen MR) is 76.3 cm³/mol. The Balaban J connectivity index is 2.42. The van der Waals surface area contributed by atoms with Gasteiger partial charge in [0.15, 0.2) is 0 Å². The van der Waals surface area contributed by atoms with Gasteiger partial charge >= 0.3 is 0 Å². The third-order valence-corrected chi connectivity index (χ3v) is 3.62. The summed E-state index contributed by atoms with van der Waals surface area (Å²) in [6.07, 6.45) is 3.57.